The monoisotopic (exact) mass is 519 g/mol. The Labute approximate surface area is 231 Å². The highest BCUT2D eigenvalue weighted by Crippen LogP contribution is 2.34. The Morgan fingerprint density at radius 3 is 2.23 bits per heavy atom. The molecule has 4 aromatic rings. The van der Waals surface area contributed by atoms with Crippen molar-refractivity contribution in [2.45, 2.75) is 45.6 Å². The molecule has 1 aromatic heterocycles. The highest BCUT2D eigenvalue weighted by molar-refractivity contribution is 6.09. The molecule has 1 aliphatic heterocycles. The summed E-state index contributed by atoms with van der Waals surface area (Å²) in [5.41, 5.74) is 5.60. The number of hydrogen-bond acceptors (Lipinski definition) is 4. The second kappa shape index (κ2) is 12.4. The Balaban J connectivity index is 1.57. The van der Waals surface area contributed by atoms with Gasteiger partial charge in [-0.1, -0.05) is 85.8 Å². The van der Waals surface area contributed by atoms with Gasteiger partial charge in [0.25, 0.3) is 5.91 Å². The van der Waals surface area contributed by atoms with Crippen LogP contribution in [0, 0.1) is 5.92 Å². The number of rotatable bonds is 9. The number of para-hydroxylation sites is 1. The van der Waals surface area contributed by atoms with E-state index in [1.807, 2.05) is 60.7 Å². The van der Waals surface area contributed by atoms with Crippen LogP contribution in [0.1, 0.15) is 60.6 Å². The van der Waals surface area contributed by atoms with Gasteiger partial charge in [-0.25, -0.2) is 4.98 Å². The van der Waals surface area contributed by atoms with Crippen LogP contribution >= 0.6 is 0 Å². The van der Waals surface area contributed by atoms with E-state index in [0.717, 1.165) is 77.6 Å². The third-order valence-electron chi connectivity index (χ3n) is 7.83. The number of hydrogen-bond donors (Lipinski definition) is 1. The van der Waals surface area contributed by atoms with Gasteiger partial charge < -0.3 is 5.32 Å². The van der Waals surface area contributed by atoms with Crippen LogP contribution in [0.3, 0.4) is 0 Å². The average Bonchev–Trinajstić information content (AvgIpc) is 2.97. The first-order valence-corrected chi connectivity index (χ1v) is 14.1. The summed E-state index contributed by atoms with van der Waals surface area (Å²) in [7, 11) is 0. The summed E-state index contributed by atoms with van der Waals surface area (Å²) < 4.78 is 0. The van der Waals surface area contributed by atoms with E-state index in [1.165, 1.54) is 0 Å². The lowest BCUT2D eigenvalue weighted by Gasteiger charge is -2.32. The molecule has 1 N–H and O–H groups in total. The van der Waals surface area contributed by atoms with Crippen molar-refractivity contribution in [1.29, 1.82) is 0 Å². The molecular weight excluding hydrogens is 482 g/mol. The van der Waals surface area contributed by atoms with Gasteiger partial charge >= 0.3 is 0 Å². The van der Waals surface area contributed by atoms with E-state index in [0.29, 0.717) is 12.5 Å². The molecule has 0 aliphatic carbocycles. The number of ketones is 1. The lowest BCUT2D eigenvalue weighted by atomic mass is 9.85. The Morgan fingerprint density at radius 2 is 1.56 bits per heavy atom. The fraction of sp³-hybridized carbons (Fsp3) is 0.324. The second-order valence-electron chi connectivity index (χ2n) is 10.7. The zero-order valence-electron chi connectivity index (χ0n) is 22.9. The Hall–Kier alpha value is -3.83. The average molecular weight is 520 g/mol. The van der Waals surface area contributed by atoms with E-state index in [9.17, 15) is 9.59 Å². The Kier molecular flexibility index (Phi) is 8.48. The molecule has 1 aliphatic rings. The van der Waals surface area contributed by atoms with Crippen LogP contribution < -0.4 is 5.32 Å². The van der Waals surface area contributed by atoms with Gasteiger partial charge in [0.05, 0.1) is 29.4 Å². The maximum Gasteiger partial charge on any atom is 0.252 e. The van der Waals surface area contributed by atoms with Crippen molar-refractivity contribution >= 4 is 22.6 Å². The van der Waals surface area contributed by atoms with Gasteiger partial charge in [0.2, 0.25) is 0 Å². The number of Topliss-reactive ketones (excluding diaryl/α,β-unsaturated/α-hetero) is 1. The van der Waals surface area contributed by atoms with E-state index in [-0.39, 0.29) is 17.7 Å². The van der Waals surface area contributed by atoms with Gasteiger partial charge in [0.1, 0.15) is 5.78 Å². The lowest BCUT2D eigenvalue weighted by molar-refractivity contribution is -0.118. The molecule has 5 nitrogen and oxygen atoms in total. The third-order valence-corrected chi connectivity index (χ3v) is 7.83. The number of fused-ring (bicyclic) bond motifs is 1. The number of carbonyl (C=O) groups is 2. The molecule has 1 fully saturated rings. The van der Waals surface area contributed by atoms with Gasteiger partial charge in [0, 0.05) is 10.9 Å². The Bertz CT molecular complexity index is 1430. The van der Waals surface area contributed by atoms with Crippen LogP contribution in [0.4, 0.5) is 0 Å². The second-order valence-corrected chi connectivity index (χ2v) is 10.7. The lowest BCUT2D eigenvalue weighted by Crippen LogP contribution is -2.37. The van der Waals surface area contributed by atoms with Gasteiger partial charge in [-0.15, -0.1) is 0 Å². The molecule has 1 saturated heterocycles. The van der Waals surface area contributed by atoms with E-state index in [1.54, 1.807) is 6.92 Å². The molecule has 0 bridgehead atoms. The van der Waals surface area contributed by atoms with E-state index in [4.69, 9.17) is 4.98 Å². The summed E-state index contributed by atoms with van der Waals surface area (Å²) in [6.45, 7) is 6.08. The van der Waals surface area contributed by atoms with Crippen LogP contribution in [0.5, 0.6) is 0 Å². The predicted octanol–water partition coefficient (Wildman–Crippen LogP) is 6.63. The number of carbonyl (C=O) groups excluding carboxylic acids is 2. The van der Waals surface area contributed by atoms with E-state index >= 15 is 0 Å². The van der Waals surface area contributed by atoms with Crippen LogP contribution in [0.2, 0.25) is 0 Å². The largest absolute Gasteiger partial charge is 0.345 e. The number of aromatic nitrogens is 1. The zero-order chi connectivity index (χ0) is 27.2. The molecule has 2 heterocycles. The molecule has 1 atom stereocenters. The maximum absolute atomic E-state index is 14.2. The van der Waals surface area contributed by atoms with Crippen LogP contribution in [0.15, 0.2) is 84.9 Å². The summed E-state index contributed by atoms with van der Waals surface area (Å²) in [5, 5.41) is 4.25. The van der Waals surface area contributed by atoms with Gasteiger partial charge in [-0.05, 0) is 68.8 Å². The molecule has 1 amide bonds. The number of nitrogens with zero attached hydrogens (tertiary/aromatic N) is 2. The summed E-state index contributed by atoms with van der Waals surface area (Å²) in [6.07, 6.45) is 3.57. The molecule has 3 aromatic carbocycles. The highest BCUT2D eigenvalue weighted by atomic mass is 16.1. The van der Waals surface area contributed by atoms with Crippen molar-refractivity contribution in [3.8, 4) is 11.3 Å². The number of likely N-dealkylation sites (tertiary alicyclic amines) is 1. The van der Waals surface area contributed by atoms with Gasteiger partial charge in [-0.3, -0.25) is 14.5 Å². The van der Waals surface area contributed by atoms with Crippen molar-refractivity contribution in [2.75, 3.05) is 19.6 Å². The molecule has 0 saturated carbocycles. The Morgan fingerprint density at radius 1 is 0.923 bits per heavy atom. The number of amides is 1. The minimum absolute atomic E-state index is 0.0505. The summed E-state index contributed by atoms with van der Waals surface area (Å²) in [6, 6.07) is 28.3. The van der Waals surface area contributed by atoms with Crippen LogP contribution in [-0.2, 0) is 11.2 Å². The maximum atomic E-state index is 14.2. The smallest absolute Gasteiger partial charge is 0.252 e. The number of piperidine rings is 1. The first kappa shape index (κ1) is 26.8. The highest BCUT2D eigenvalue weighted by Gasteiger charge is 2.27. The van der Waals surface area contributed by atoms with Crippen LogP contribution in [0.25, 0.3) is 22.2 Å². The molecule has 0 unspecified atom stereocenters. The molecule has 200 valence electrons. The summed E-state index contributed by atoms with van der Waals surface area (Å²) >= 11 is 0. The molecule has 0 spiro atoms. The van der Waals surface area contributed by atoms with Crippen molar-refractivity contribution in [3.05, 3.63) is 102 Å². The SMILES string of the molecule is CC[C@H](NC(=O)c1c(CC2CCN(CC(C)=O)CC2)c(-c2ccccc2)nc2ccccc12)c1ccccc1. The fourth-order valence-electron chi connectivity index (χ4n) is 5.83. The van der Waals surface area contributed by atoms with Gasteiger partial charge in [-0.2, -0.15) is 0 Å². The zero-order valence-corrected chi connectivity index (χ0v) is 22.9. The number of benzene rings is 3. The number of pyridine rings is 1. The standard InChI is InChI=1S/C34H37N3O2/c1-3-30(26-12-6-4-7-13-26)36-34(39)32-28-16-10-11-17-31(28)35-33(27-14-8-5-9-15-27)29(32)22-25-18-20-37(21-19-25)23-24(2)38/h4-17,25,30H,3,18-23H2,1-2H3,(H,36,39)/t30-/m0/s1. The third kappa shape index (κ3) is 6.26. The van der Waals surface area contributed by atoms with Crippen molar-refractivity contribution < 1.29 is 9.59 Å². The van der Waals surface area contributed by atoms with Crippen molar-refractivity contribution in [1.82, 2.24) is 15.2 Å². The van der Waals surface area contributed by atoms with Crippen molar-refractivity contribution in [3.63, 3.8) is 0 Å². The summed E-state index contributed by atoms with van der Waals surface area (Å²) in [4.78, 5) is 33.3. The first-order valence-electron chi connectivity index (χ1n) is 14.1. The minimum Gasteiger partial charge on any atom is -0.345 e. The molecule has 39 heavy (non-hydrogen) atoms. The van der Waals surface area contributed by atoms with Gasteiger partial charge in [0.15, 0.2) is 0 Å². The van der Waals surface area contributed by atoms with Crippen LogP contribution in [-0.4, -0.2) is 41.2 Å². The molecule has 5 rings (SSSR count). The molecule has 0 radical (unpaired) electrons. The molecular formula is C34H37N3O2. The fourth-order valence-corrected chi connectivity index (χ4v) is 5.83. The number of nitrogens with one attached hydrogen (secondary N) is 1. The predicted molar refractivity (Wildman–Crippen MR) is 158 cm³/mol. The first-order chi connectivity index (χ1) is 19.0. The van der Waals surface area contributed by atoms with E-state index < -0.39 is 0 Å². The quantitative estimate of drug-likeness (QED) is 0.270. The summed E-state index contributed by atoms with van der Waals surface area (Å²) in [5.74, 6) is 0.577. The normalized spacial score (nSPS) is 15.2. The topological polar surface area (TPSA) is 62.3 Å². The molecule has 5 heteroatoms. The van der Waals surface area contributed by atoms with E-state index in [2.05, 4.69) is 41.4 Å². The minimum atomic E-state index is -0.0755. The van der Waals surface area contributed by atoms with Crippen molar-refractivity contribution in [2.24, 2.45) is 5.92 Å².